The minimum absolute atomic E-state index is 0.00380. The molecule has 7 nitrogen and oxygen atoms in total. The second-order valence-corrected chi connectivity index (χ2v) is 7.46. The van der Waals surface area contributed by atoms with Crippen molar-refractivity contribution in [2.24, 2.45) is 17.6 Å². The number of likely N-dealkylation sites (tertiary alicyclic amines) is 1. The second-order valence-electron chi connectivity index (χ2n) is 7.46. The molecular weight excluding hydrogens is 322 g/mol. The highest BCUT2D eigenvalue weighted by atomic mass is 16.2. The molecule has 1 fully saturated rings. The van der Waals surface area contributed by atoms with Gasteiger partial charge >= 0.3 is 0 Å². The van der Waals surface area contributed by atoms with Crippen LogP contribution in [0.25, 0.3) is 0 Å². The van der Waals surface area contributed by atoms with Crippen LogP contribution in [0.4, 0.5) is 0 Å². The van der Waals surface area contributed by atoms with Crippen LogP contribution < -0.4 is 11.1 Å². The Hall–Kier alpha value is -1.92. The lowest BCUT2D eigenvalue weighted by atomic mass is 10.0. The minimum atomic E-state index is -0.559. The van der Waals surface area contributed by atoms with Crippen LogP contribution in [0.3, 0.4) is 0 Å². The van der Waals surface area contributed by atoms with Crippen molar-refractivity contribution in [1.29, 1.82) is 0 Å². The maximum atomic E-state index is 12.4. The third-order valence-corrected chi connectivity index (χ3v) is 4.36. The van der Waals surface area contributed by atoms with Gasteiger partial charge in [-0.2, -0.15) is 0 Å². The van der Waals surface area contributed by atoms with Crippen molar-refractivity contribution < 1.29 is 19.2 Å². The lowest BCUT2D eigenvalue weighted by Gasteiger charge is -2.21. The summed E-state index contributed by atoms with van der Waals surface area (Å²) in [6.07, 6.45) is 2.77. The van der Waals surface area contributed by atoms with E-state index in [9.17, 15) is 19.2 Å². The fourth-order valence-corrected chi connectivity index (χ4v) is 2.95. The number of rotatable bonds is 8. The predicted molar refractivity (Wildman–Crippen MR) is 94.4 cm³/mol. The van der Waals surface area contributed by atoms with Gasteiger partial charge in [-0.05, 0) is 31.1 Å². The number of amides is 3. The standard InChI is InChI=1S/C18H31N3O4/c1-12(2)6-7-18(25)21-8-4-5-14(15(22)11-21)20-17(24)10-13(3)9-16(19)23/h12-14H,4-11H2,1-3H3,(H2,19,23)(H,20,24)/t13-,14?/m0/s1. The second kappa shape index (κ2) is 10.2. The van der Waals surface area contributed by atoms with E-state index in [2.05, 4.69) is 19.2 Å². The van der Waals surface area contributed by atoms with Crippen molar-refractivity contribution >= 4 is 23.5 Å². The van der Waals surface area contributed by atoms with Crippen LogP contribution in [-0.4, -0.2) is 47.5 Å². The number of hydrogen-bond acceptors (Lipinski definition) is 4. The van der Waals surface area contributed by atoms with Gasteiger partial charge in [0, 0.05) is 25.8 Å². The molecule has 0 spiro atoms. The maximum Gasteiger partial charge on any atom is 0.222 e. The molecule has 1 aliphatic rings. The van der Waals surface area contributed by atoms with Gasteiger partial charge < -0.3 is 16.0 Å². The van der Waals surface area contributed by atoms with E-state index in [-0.39, 0.29) is 42.9 Å². The third kappa shape index (κ3) is 8.14. The first-order chi connectivity index (χ1) is 11.7. The van der Waals surface area contributed by atoms with E-state index >= 15 is 0 Å². The van der Waals surface area contributed by atoms with Crippen LogP contribution in [0.15, 0.2) is 0 Å². The van der Waals surface area contributed by atoms with Crippen molar-refractivity contribution in [2.75, 3.05) is 13.1 Å². The molecule has 0 saturated carbocycles. The minimum Gasteiger partial charge on any atom is -0.370 e. The topological polar surface area (TPSA) is 110 Å². The molecule has 0 bridgehead atoms. The lowest BCUT2D eigenvalue weighted by Crippen LogP contribution is -2.44. The van der Waals surface area contributed by atoms with Crippen molar-refractivity contribution in [3.8, 4) is 0 Å². The van der Waals surface area contributed by atoms with Crippen LogP contribution in [0.2, 0.25) is 0 Å². The van der Waals surface area contributed by atoms with Crippen molar-refractivity contribution in [3.63, 3.8) is 0 Å². The van der Waals surface area contributed by atoms with Gasteiger partial charge in [-0.25, -0.2) is 0 Å². The highest BCUT2D eigenvalue weighted by Gasteiger charge is 2.28. The van der Waals surface area contributed by atoms with Crippen LogP contribution in [0.5, 0.6) is 0 Å². The molecule has 0 aliphatic carbocycles. The molecule has 3 N–H and O–H groups in total. The Bertz CT molecular complexity index is 505. The zero-order valence-corrected chi connectivity index (χ0v) is 15.5. The van der Waals surface area contributed by atoms with Crippen molar-refractivity contribution in [1.82, 2.24) is 10.2 Å². The number of nitrogens with one attached hydrogen (secondary N) is 1. The Morgan fingerprint density at radius 3 is 2.52 bits per heavy atom. The highest BCUT2D eigenvalue weighted by Crippen LogP contribution is 2.13. The molecule has 142 valence electrons. The summed E-state index contributed by atoms with van der Waals surface area (Å²) >= 11 is 0. The SMILES string of the molecule is CC(C)CCC(=O)N1CCCC(NC(=O)C[C@@H](C)CC(N)=O)C(=O)C1. The molecule has 25 heavy (non-hydrogen) atoms. The Morgan fingerprint density at radius 1 is 1.24 bits per heavy atom. The number of ketones is 1. The van der Waals surface area contributed by atoms with Gasteiger partial charge in [-0.1, -0.05) is 20.8 Å². The Kier molecular flexibility index (Phi) is 8.58. The van der Waals surface area contributed by atoms with Gasteiger partial charge in [-0.3, -0.25) is 19.2 Å². The molecule has 0 aromatic rings. The normalized spacial score (nSPS) is 19.4. The summed E-state index contributed by atoms with van der Waals surface area (Å²) < 4.78 is 0. The summed E-state index contributed by atoms with van der Waals surface area (Å²) in [6, 6.07) is -0.559. The molecule has 0 aromatic carbocycles. The van der Waals surface area contributed by atoms with E-state index in [1.165, 1.54) is 0 Å². The molecule has 0 radical (unpaired) electrons. The molecule has 3 amide bonds. The van der Waals surface area contributed by atoms with Crippen LogP contribution in [-0.2, 0) is 19.2 Å². The van der Waals surface area contributed by atoms with Crippen LogP contribution in [0, 0.1) is 11.8 Å². The first-order valence-electron chi connectivity index (χ1n) is 9.07. The summed E-state index contributed by atoms with van der Waals surface area (Å²) in [7, 11) is 0. The molecular formula is C18H31N3O4. The summed E-state index contributed by atoms with van der Waals surface area (Å²) in [5.74, 6) is -0.544. The molecule has 1 rings (SSSR count). The fourth-order valence-electron chi connectivity index (χ4n) is 2.95. The monoisotopic (exact) mass is 353 g/mol. The molecule has 0 aromatic heterocycles. The Morgan fingerprint density at radius 2 is 1.92 bits per heavy atom. The summed E-state index contributed by atoms with van der Waals surface area (Å²) in [6.45, 7) is 6.50. The number of nitrogens with zero attached hydrogens (tertiary/aromatic N) is 1. The Balaban J connectivity index is 2.50. The zero-order chi connectivity index (χ0) is 19.0. The quantitative estimate of drug-likeness (QED) is 0.678. The van der Waals surface area contributed by atoms with Crippen LogP contribution >= 0.6 is 0 Å². The number of hydrogen-bond donors (Lipinski definition) is 2. The van der Waals surface area contributed by atoms with E-state index in [0.29, 0.717) is 31.7 Å². The van der Waals surface area contributed by atoms with Gasteiger partial charge in [0.25, 0.3) is 0 Å². The average molecular weight is 353 g/mol. The van der Waals surface area contributed by atoms with Gasteiger partial charge in [0.05, 0.1) is 12.6 Å². The zero-order valence-electron chi connectivity index (χ0n) is 15.5. The molecule has 7 heteroatoms. The maximum absolute atomic E-state index is 12.4. The van der Waals surface area contributed by atoms with Gasteiger partial charge in [-0.15, -0.1) is 0 Å². The average Bonchev–Trinajstić information content (AvgIpc) is 2.66. The number of carbonyl (C=O) groups excluding carboxylic acids is 4. The van der Waals surface area contributed by atoms with E-state index in [0.717, 1.165) is 6.42 Å². The van der Waals surface area contributed by atoms with Gasteiger partial charge in [0.1, 0.15) is 0 Å². The molecule has 1 saturated heterocycles. The van der Waals surface area contributed by atoms with Crippen molar-refractivity contribution in [2.45, 2.75) is 65.3 Å². The van der Waals surface area contributed by atoms with E-state index in [1.54, 1.807) is 11.8 Å². The fraction of sp³-hybridized carbons (Fsp3) is 0.778. The molecule has 1 unspecified atom stereocenters. The molecule has 1 aliphatic heterocycles. The number of carbonyl (C=O) groups is 4. The van der Waals surface area contributed by atoms with Gasteiger partial charge in [0.15, 0.2) is 5.78 Å². The number of nitrogens with two attached hydrogens (primary N) is 1. The lowest BCUT2D eigenvalue weighted by molar-refractivity contribution is -0.135. The largest absolute Gasteiger partial charge is 0.370 e. The van der Waals surface area contributed by atoms with Crippen LogP contribution in [0.1, 0.15) is 59.3 Å². The first kappa shape index (κ1) is 21.1. The summed E-state index contributed by atoms with van der Waals surface area (Å²) in [5, 5.41) is 2.74. The summed E-state index contributed by atoms with van der Waals surface area (Å²) in [4.78, 5) is 49.1. The first-order valence-corrected chi connectivity index (χ1v) is 9.07. The molecule has 1 heterocycles. The molecule has 2 atom stereocenters. The highest BCUT2D eigenvalue weighted by molar-refractivity contribution is 5.93. The van der Waals surface area contributed by atoms with Gasteiger partial charge in [0.2, 0.25) is 17.7 Å². The smallest absolute Gasteiger partial charge is 0.222 e. The Labute approximate surface area is 149 Å². The number of primary amides is 1. The van der Waals surface area contributed by atoms with E-state index in [4.69, 9.17) is 5.73 Å². The van der Waals surface area contributed by atoms with E-state index < -0.39 is 11.9 Å². The van der Waals surface area contributed by atoms with Crippen molar-refractivity contribution in [3.05, 3.63) is 0 Å². The predicted octanol–water partition coefficient (Wildman–Crippen LogP) is 1.00. The number of Topliss-reactive ketones (excluding diaryl/α,β-unsaturated/α-hetero) is 1. The third-order valence-electron chi connectivity index (χ3n) is 4.36. The van der Waals surface area contributed by atoms with E-state index in [1.807, 2.05) is 0 Å². The summed E-state index contributed by atoms with van der Waals surface area (Å²) in [5.41, 5.74) is 5.12.